The van der Waals surface area contributed by atoms with Gasteiger partial charge in [-0.05, 0) is 27.7 Å². The molecule has 0 amide bonds. The Balaban J connectivity index is 0. The first kappa shape index (κ1) is 18.1. The van der Waals surface area contributed by atoms with Crippen molar-refractivity contribution in [1.82, 2.24) is 0 Å². The molecule has 0 rings (SSSR count). The molecule has 0 heterocycles. The maximum absolute atomic E-state index is 9.65. The van der Waals surface area contributed by atoms with Crippen LogP contribution in [0.25, 0.3) is 0 Å². The molecule has 0 aromatic carbocycles. The highest BCUT2D eigenvalue weighted by atomic mass is 32.1. The van der Waals surface area contributed by atoms with Crippen molar-refractivity contribution < 1.29 is 14.4 Å². The number of carbonyl (C=O) groups is 1. The van der Waals surface area contributed by atoms with Crippen LogP contribution < -0.4 is 10.8 Å². The predicted molar refractivity (Wildman–Crippen MR) is 69.3 cm³/mol. The van der Waals surface area contributed by atoms with E-state index < -0.39 is 12.0 Å². The summed E-state index contributed by atoms with van der Waals surface area (Å²) in [6, 6.07) is -0.927. The van der Waals surface area contributed by atoms with E-state index in [0.29, 0.717) is 0 Å². The average Bonchev–Trinajstić information content (AvgIpc) is 2.32. The zero-order valence-corrected chi connectivity index (χ0v) is 11.8. The molecule has 0 saturated carbocycles. The van der Waals surface area contributed by atoms with E-state index in [1.165, 1.54) is 30.7 Å². The second kappa shape index (κ2) is 9.93. The minimum absolute atomic E-state index is 0.127. The van der Waals surface area contributed by atoms with Gasteiger partial charge in [-0.1, -0.05) is 0 Å². The van der Waals surface area contributed by atoms with Crippen molar-refractivity contribution in [1.29, 1.82) is 0 Å². The Morgan fingerprint density at radius 3 is 1.50 bits per heavy atom. The smallest absolute Gasteiger partial charge is 0.0757 e. The van der Waals surface area contributed by atoms with E-state index in [9.17, 15) is 9.90 Å². The number of hydrogen-bond acceptors (Lipinski definition) is 4. The third kappa shape index (κ3) is 7.09. The van der Waals surface area contributed by atoms with Gasteiger partial charge in [0.25, 0.3) is 0 Å². The molecule has 16 heavy (non-hydrogen) atoms. The summed E-state index contributed by atoms with van der Waals surface area (Å²) in [7, 11) is 0. The van der Waals surface area contributed by atoms with Gasteiger partial charge in [-0.3, -0.25) is 0 Å². The minimum atomic E-state index is -1.25. The van der Waals surface area contributed by atoms with Crippen molar-refractivity contribution in [2.75, 3.05) is 31.9 Å². The van der Waals surface area contributed by atoms with E-state index in [0.717, 1.165) is 0 Å². The molecule has 0 aliphatic heterocycles. The molecular weight excluding hydrogens is 224 g/mol. The lowest BCUT2D eigenvalue weighted by atomic mass is 10.3. The first-order chi connectivity index (χ1) is 7.42. The fourth-order valence-corrected chi connectivity index (χ4v) is 1.57. The van der Waals surface area contributed by atoms with Crippen molar-refractivity contribution in [3.63, 3.8) is 0 Å². The summed E-state index contributed by atoms with van der Waals surface area (Å²) in [4.78, 5) is 9.65. The lowest BCUT2D eigenvalue weighted by Gasteiger charge is -2.34. The Bertz CT molecular complexity index is 167. The molecule has 2 N–H and O–H groups in total. The molecule has 98 valence electrons. The van der Waals surface area contributed by atoms with Crippen molar-refractivity contribution in [2.24, 2.45) is 5.73 Å². The maximum atomic E-state index is 9.65. The summed E-state index contributed by atoms with van der Waals surface area (Å²) in [6.07, 6.45) is 0. The maximum Gasteiger partial charge on any atom is 0.0757 e. The molecule has 4 nitrogen and oxygen atoms in total. The number of nitrogens with zero attached hydrogens (tertiary/aromatic N) is 1. The Morgan fingerprint density at radius 2 is 1.50 bits per heavy atom. The third-order valence-corrected chi connectivity index (χ3v) is 3.58. The zero-order chi connectivity index (χ0) is 13.2. The van der Waals surface area contributed by atoms with Gasteiger partial charge < -0.3 is 20.1 Å². The standard InChI is InChI=1S/C8H20N.C3H7NO2S/c1-5-9(6-2,7-3)8-4;4-2(1-7)3(5)6/h5-8H2,1-4H3;2,7H,1,4H2,(H,5,6)/q+1;/p-1/t;2-/m.0/s1. The fourth-order valence-electron chi connectivity index (χ4n) is 1.42. The van der Waals surface area contributed by atoms with Crippen LogP contribution in [0.5, 0.6) is 0 Å². The molecule has 0 bridgehead atoms. The number of quaternary nitrogens is 1. The van der Waals surface area contributed by atoms with Gasteiger partial charge in [-0.15, -0.1) is 0 Å². The number of rotatable bonds is 6. The SMILES string of the molecule is CC[N+](CC)(CC)CC.N[C@@H](CS)C(=O)[O-]. The van der Waals surface area contributed by atoms with Gasteiger partial charge in [0.15, 0.2) is 0 Å². The van der Waals surface area contributed by atoms with Crippen molar-refractivity contribution >= 4 is 18.6 Å². The minimum Gasteiger partial charge on any atom is -0.548 e. The fraction of sp³-hybridized carbons (Fsp3) is 0.909. The molecular formula is C11H26N2O2S. The summed E-state index contributed by atoms with van der Waals surface area (Å²) in [5.41, 5.74) is 4.88. The van der Waals surface area contributed by atoms with Crippen LogP contribution in [-0.2, 0) is 4.79 Å². The lowest BCUT2D eigenvalue weighted by molar-refractivity contribution is -0.921. The van der Waals surface area contributed by atoms with Crippen LogP contribution in [0.2, 0.25) is 0 Å². The Kier molecular flexibility index (Phi) is 11.2. The van der Waals surface area contributed by atoms with Gasteiger partial charge in [-0.25, -0.2) is 0 Å². The quantitative estimate of drug-likeness (QED) is 0.510. The summed E-state index contributed by atoms with van der Waals surface area (Å²) in [5, 5.41) is 9.65. The molecule has 0 radical (unpaired) electrons. The number of aliphatic carboxylic acids is 1. The Hall–Kier alpha value is -0.260. The number of thiol groups is 1. The van der Waals surface area contributed by atoms with Crippen LogP contribution in [0.3, 0.4) is 0 Å². The highest BCUT2D eigenvalue weighted by Gasteiger charge is 2.16. The molecule has 0 aliphatic rings. The number of carboxylic acid groups (broad SMARTS) is 1. The summed E-state index contributed by atoms with van der Waals surface area (Å²) in [5.74, 6) is -1.13. The molecule has 0 saturated heterocycles. The van der Waals surface area contributed by atoms with Crippen LogP contribution in [0.15, 0.2) is 0 Å². The van der Waals surface area contributed by atoms with Gasteiger partial charge in [0, 0.05) is 5.75 Å². The van der Waals surface area contributed by atoms with Gasteiger partial charge in [0.2, 0.25) is 0 Å². The number of nitrogens with two attached hydrogens (primary N) is 1. The van der Waals surface area contributed by atoms with Crippen LogP contribution in [0.4, 0.5) is 0 Å². The monoisotopic (exact) mass is 250 g/mol. The van der Waals surface area contributed by atoms with E-state index >= 15 is 0 Å². The molecule has 0 aliphatic carbocycles. The highest BCUT2D eigenvalue weighted by Crippen LogP contribution is 2.03. The molecule has 0 aromatic heterocycles. The first-order valence-electron chi connectivity index (χ1n) is 5.85. The second-order valence-electron chi connectivity index (χ2n) is 3.71. The van der Waals surface area contributed by atoms with Gasteiger partial charge in [0.05, 0.1) is 38.2 Å². The Morgan fingerprint density at radius 1 is 1.19 bits per heavy atom. The van der Waals surface area contributed by atoms with Crippen LogP contribution >= 0.6 is 12.6 Å². The van der Waals surface area contributed by atoms with Crippen LogP contribution in [0.1, 0.15) is 27.7 Å². The molecule has 1 atom stereocenters. The van der Waals surface area contributed by atoms with Crippen LogP contribution in [-0.4, -0.2) is 48.4 Å². The summed E-state index contributed by atoms with van der Waals surface area (Å²) in [6.45, 7) is 14.2. The average molecular weight is 250 g/mol. The normalized spacial score (nSPS) is 12.6. The number of carboxylic acids is 1. The number of carbonyl (C=O) groups excluding carboxylic acids is 1. The molecule has 5 heteroatoms. The van der Waals surface area contributed by atoms with E-state index in [2.05, 4.69) is 40.3 Å². The van der Waals surface area contributed by atoms with Crippen molar-refractivity contribution in [3.8, 4) is 0 Å². The molecule has 0 fully saturated rings. The lowest BCUT2D eigenvalue weighted by Crippen LogP contribution is -2.47. The third-order valence-electron chi connectivity index (χ3n) is 3.18. The number of hydrogen-bond donors (Lipinski definition) is 2. The van der Waals surface area contributed by atoms with Gasteiger partial charge in [0.1, 0.15) is 0 Å². The van der Waals surface area contributed by atoms with E-state index in [-0.39, 0.29) is 5.75 Å². The largest absolute Gasteiger partial charge is 0.548 e. The molecule has 0 unspecified atom stereocenters. The second-order valence-corrected chi connectivity index (χ2v) is 4.08. The Labute approximate surface area is 105 Å². The van der Waals surface area contributed by atoms with Crippen molar-refractivity contribution in [3.05, 3.63) is 0 Å². The zero-order valence-electron chi connectivity index (χ0n) is 10.9. The van der Waals surface area contributed by atoms with Gasteiger partial charge >= 0.3 is 0 Å². The van der Waals surface area contributed by atoms with Crippen molar-refractivity contribution in [2.45, 2.75) is 33.7 Å². The van der Waals surface area contributed by atoms with Crippen LogP contribution in [0, 0.1) is 0 Å². The first-order valence-corrected chi connectivity index (χ1v) is 6.48. The summed E-state index contributed by atoms with van der Waals surface area (Å²) >= 11 is 3.61. The topological polar surface area (TPSA) is 66.2 Å². The van der Waals surface area contributed by atoms with E-state index in [4.69, 9.17) is 5.73 Å². The highest BCUT2D eigenvalue weighted by molar-refractivity contribution is 7.80. The van der Waals surface area contributed by atoms with E-state index in [1.807, 2.05) is 0 Å². The van der Waals surface area contributed by atoms with Gasteiger partial charge in [-0.2, -0.15) is 12.6 Å². The predicted octanol–water partition coefficient (Wildman–Crippen LogP) is -0.124. The molecule has 0 spiro atoms. The van der Waals surface area contributed by atoms with E-state index in [1.54, 1.807) is 0 Å². The molecule has 0 aromatic rings. The summed E-state index contributed by atoms with van der Waals surface area (Å²) < 4.78 is 1.28.